The summed E-state index contributed by atoms with van der Waals surface area (Å²) in [6.07, 6.45) is -4.19. The Balaban J connectivity index is 2.55. The lowest BCUT2D eigenvalue weighted by Gasteiger charge is -2.26. The predicted octanol–water partition coefficient (Wildman–Crippen LogP) is 4.85. The molecule has 2 rings (SSSR count). The van der Waals surface area contributed by atoms with Crippen LogP contribution in [0.2, 0.25) is 5.02 Å². The highest BCUT2D eigenvalue weighted by Gasteiger charge is 2.54. The maximum atomic E-state index is 13.7. The molecule has 0 fully saturated rings. The number of nitrogens with zero attached hydrogens (tertiary/aromatic N) is 1. The van der Waals surface area contributed by atoms with Crippen molar-refractivity contribution in [2.24, 2.45) is 0 Å². The van der Waals surface area contributed by atoms with Crippen molar-refractivity contribution < 1.29 is 26.7 Å². The van der Waals surface area contributed by atoms with E-state index in [9.17, 15) is 26.7 Å². The van der Waals surface area contributed by atoms with Crippen LogP contribution in [-0.4, -0.2) is 30.6 Å². The van der Waals surface area contributed by atoms with Crippen LogP contribution in [0.25, 0.3) is 0 Å². The van der Waals surface area contributed by atoms with Gasteiger partial charge in [-0.05, 0) is 43.5 Å². The van der Waals surface area contributed by atoms with Gasteiger partial charge in [-0.1, -0.05) is 54.8 Å². The molecule has 0 bridgehead atoms. The van der Waals surface area contributed by atoms with E-state index in [0.717, 1.165) is 17.7 Å². The molecule has 0 amide bonds. The van der Waals surface area contributed by atoms with Gasteiger partial charge in [0.15, 0.2) is 0 Å². The zero-order chi connectivity index (χ0) is 22.6. The van der Waals surface area contributed by atoms with Crippen LogP contribution >= 0.6 is 11.6 Å². The topological polar surface area (TPSA) is 57.6 Å². The van der Waals surface area contributed by atoms with Crippen LogP contribution in [0, 0.1) is 18.9 Å². The molecule has 0 saturated carbocycles. The van der Waals surface area contributed by atoms with Gasteiger partial charge in [0.05, 0.1) is 4.90 Å². The number of benzene rings is 2. The second kappa shape index (κ2) is 9.29. The zero-order valence-electron chi connectivity index (χ0n) is 16.4. The van der Waals surface area contributed by atoms with E-state index in [4.69, 9.17) is 11.6 Å². The highest BCUT2D eigenvalue weighted by Crippen LogP contribution is 2.39. The molecular weight excluding hydrogens is 439 g/mol. The molecule has 0 radical (unpaired) electrons. The quantitative estimate of drug-likeness (QED) is 0.496. The number of aryl methyl sites for hydroxylation is 1. The van der Waals surface area contributed by atoms with E-state index in [-0.39, 0.29) is 16.5 Å². The van der Waals surface area contributed by atoms with Crippen LogP contribution in [0.5, 0.6) is 0 Å². The molecule has 1 atom stereocenters. The Kier molecular flexibility index (Phi) is 7.45. The van der Waals surface area contributed by atoms with Crippen molar-refractivity contribution in [3.05, 3.63) is 64.7 Å². The Hall–Kier alpha value is -2.21. The van der Waals surface area contributed by atoms with E-state index >= 15 is 0 Å². The standard InChI is InChI=1S/C21H21ClF3NO3S/c1-3-4-14-26(30(28,29)19-11-5-16(2)6-12-19)15-13-20(27,21(23,24)25)17-7-9-18(22)10-8-17/h5-12,27H,3-4,14H2,1-2H3. The SMILES string of the molecule is CCCCN(C#CC(O)(c1ccc(Cl)cc1)C(F)(F)F)S(=O)(=O)c1ccc(C)cc1. The fourth-order valence-corrected chi connectivity index (χ4v) is 3.91. The molecule has 2 aromatic rings. The van der Waals surface area contributed by atoms with Crippen molar-refractivity contribution in [2.75, 3.05) is 6.54 Å². The van der Waals surface area contributed by atoms with Crippen LogP contribution in [0.1, 0.15) is 30.9 Å². The molecule has 0 heterocycles. The summed E-state index contributed by atoms with van der Waals surface area (Å²) in [7, 11) is -4.19. The normalized spacial score (nSPS) is 13.8. The lowest BCUT2D eigenvalue weighted by molar-refractivity contribution is -0.240. The third-order valence-electron chi connectivity index (χ3n) is 4.36. The minimum Gasteiger partial charge on any atom is -0.366 e. The Labute approximate surface area is 179 Å². The molecule has 9 heteroatoms. The maximum absolute atomic E-state index is 13.7. The number of aliphatic hydroxyl groups is 1. The van der Waals surface area contributed by atoms with E-state index in [1.165, 1.54) is 24.3 Å². The van der Waals surface area contributed by atoms with Gasteiger partial charge in [-0.25, -0.2) is 12.7 Å². The summed E-state index contributed by atoms with van der Waals surface area (Å²) < 4.78 is 67.6. The third kappa shape index (κ3) is 5.28. The summed E-state index contributed by atoms with van der Waals surface area (Å²) in [4.78, 5) is -0.0967. The van der Waals surface area contributed by atoms with Gasteiger partial charge in [0.25, 0.3) is 10.0 Å². The molecule has 0 aliphatic carbocycles. The average Bonchev–Trinajstić information content (AvgIpc) is 2.67. The molecule has 0 aromatic heterocycles. The largest absolute Gasteiger partial charge is 0.433 e. The highest BCUT2D eigenvalue weighted by molar-refractivity contribution is 7.89. The van der Waals surface area contributed by atoms with E-state index in [1.54, 1.807) is 25.0 Å². The van der Waals surface area contributed by atoms with Crippen molar-refractivity contribution in [2.45, 2.75) is 43.4 Å². The fraction of sp³-hybridized carbons (Fsp3) is 0.333. The van der Waals surface area contributed by atoms with Gasteiger partial charge in [0.2, 0.25) is 5.60 Å². The maximum Gasteiger partial charge on any atom is 0.433 e. The number of sulfonamides is 1. The summed E-state index contributed by atoms with van der Waals surface area (Å²) in [5.41, 5.74) is -3.30. The molecule has 0 aliphatic heterocycles. The van der Waals surface area contributed by atoms with Gasteiger partial charge < -0.3 is 5.11 Å². The molecule has 30 heavy (non-hydrogen) atoms. The monoisotopic (exact) mass is 459 g/mol. The van der Waals surface area contributed by atoms with Crippen LogP contribution in [-0.2, 0) is 15.6 Å². The van der Waals surface area contributed by atoms with Crippen molar-refractivity contribution in [3.63, 3.8) is 0 Å². The van der Waals surface area contributed by atoms with Crippen LogP contribution in [0.3, 0.4) is 0 Å². The zero-order valence-corrected chi connectivity index (χ0v) is 17.9. The molecule has 162 valence electrons. The summed E-state index contributed by atoms with van der Waals surface area (Å²) in [5, 5.41) is 10.6. The number of rotatable bonds is 6. The minimum absolute atomic E-state index is 0.0967. The Bertz CT molecular complexity index is 1030. The van der Waals surface area contributed by atoms with Crippen molar-refractivity contribution in [1.29, 1.82) is 0 Å². The average molecular weight is 460 g/mol. The first-order chi connectivity index (χ1) is 13.9. The smallest absolute Gasteiger partial charge is 0.366 e. The molecule has 4 nitrogen and oxygen atoms in total. The lowest BCUT2D eigenvalue weighted by Crippen LogP contribution is -2.41. The van der Waals surface area contributed by atoms with Gasteiger partial charge in [0.1, 0.15) is 0 Å². The lowest BCUT2D eigenvalue weighted by atomic mass is 9.94. The summed E-state index contributed by atoms with van der Waals surface area (Å²) >= 11 is 5.71. The van der Waals surface area contributed by atoms with E-state index < -0.39 is 27.4 Å². The number of hydrogen-bond donors (Lipinski definition) is 1. The van der Waals surface area contributed by atoms with Crippen LogP contribution in [0.4, 0.5) is 13.2 Å². The summed E-state index contributed by atoms with van der Waals surface area (Å²) in [5.74, 6) is 1.75. The van der Waals surface area contributed by atoms with Gasteiger partial charge in [-0.3, -0.25) is 0 Å². The molecule has 2 aromatic carbocycles. The second-order valence-corrected chi connectivity index (χ2v) is 8.99. The second-order valence-electron chi connectivity index (χ2n) is 6.70. The predicted molar refractivity (Wildman–Crippen MR) is 109 cm³/mol. The van der Waals surface area contributed by atoms with Crippen LogP contribution in [0.15, 0.2) is 53.4 Å². The first-order valence-corrected chi connectivity index (χ1v) is 10.9. The fourth-order valence-electron chi connectivity index (χ4n) is 2.52. The van der Waals surface area contributed by atoms with Gasteiger partial charge >= 0.3 is 6.18 Å². The van der Waals surface area contributed by atoms with E-state index in [0.29, 0.717) is 17.1 Å². The molecular formula is C21H21ClF3NO3S. The van der Waals surface area contributed by atoms with Crippen molar-refractivity contribution in [1.82, 2.24) is 4.31 Å². The van der Waals surface area contributed by atoms with E-state index in [2.05, 4.69) is 6.04 Å². The first kappa shape index (κ1) is 24.1. The molecule has 1 unspecified atom stereocenters. The summed E-state index contributed by atoms with van der Waals surface area (Å²) in [6.45, 7) is 3.47. The number of hydrogen-bond acceptors (Lipinski definition) is 3. The Morgan fingerprint density at radius 3 is 2.13 bits per heavy atom. The number of alkyl halides is 3. The molecule has 0 spiro atoms. The number of halogens is 4. The van der Waals surface area contributed by atoms with Gasteiger partial charge in [-0.15, -0.1) is 0 Å². The molecule has 0 aliphatic rings. The van der Waals surface area contributed by atoms with Crippen LogP contribution < -0.4 is 0 Å². The Morgan fingerprint density at radius 1 is 1.07 bits per heavy atom. The van der Waals surface area contributed by atoms with Gasteiger partial charge in [-0.2, -0.15) is 13.2 Å². The van der Waals surface area contributed by atoms with Crippen molar-refractivity contribution in [3.8, 4) is 12.0 Å². The first-order valence-electron chi connectivity index (χ1n) is 9.09. The molecule has 0 saturated heterocycles. The van der Waals surface area contributed by atoms with Crippen molar-refractivity contribution >= 4 is 21.6 Å². The molecule has 1 N–H and O–H groups in total. The number of unbranched alkanes of at least 4 members (excludes halogenated alkanes) is 1. The highest BCUT2D eigenvalue weighted by atomic mass is 35.5. The van der Waals surface area contributed by atoms with E-state index in [1.807, 2.05) is 6.92 Å². The minimum atomic E-state index is -5.17. The summed E-state index contributed by atoms with van der Waals surface area (Å²) in [6, 6.07) is 12.3. The van der Waals surface area contributed by atoms with Gasteiger partial charge in [0, 0.05) is 23.2 Å². The third-order valence-corrected chi connectivity index (χ3v) is 6.33. The Morgan fingerprint density at radius 2 is 1.63 bits per heavy atom.